The molecular formula is C11H16N2O5S. The van der Waals surface area contributed by atoms with Crippen LogP contribution in [0.2, 0.25) is 0 Å². The van der Waals surface area contributed by atoms with Crippen molar-refractivity contribution in [1.29, 1.82) is 0 Å². The van der Waals surface area contributed by atoms with E-state index in [-0.39, 0.29) is 36.8 Å². The first-order valence-corrected chi connectivity index (χ1v) is 7.67. The number of nitrogens with two attached hydrogens (primary N) is 1. The molecule has 0 saturated heterocycles. The maximum atomic E-state index is 10.9. The fourth-order valence-corrected chi connectivity index (χ4v) is 2.10. The Bertz CT molecular complexity index is 556. The number of rotatable bonds is 7. The zero-order valence-corrected chi connectivity index (χ0v) is 11.4. The minimum Gasteiger partial charge on any atom is -0.487 e. The first-order valence-electron chi connectivity index (χ1n) is 5.61. The van der Waals surface area contributed by atoms with Gasteiger partial charge in [0.2, 0.25) is 0 Å². The predicted octanol–water partition coefficient (Wildman–Crippen LogP) is 0.867. The minimum atomic E-state index is -3.05. The molecule has 0 saturated carbocycles. The largest absolute Gasteiger partial charge is 0.487 e. The predicted molar refractivity (Wildman–Crippen MR) is 70.8 cm³/mol. The summed E-state index contributed by atoms with van der Waals surface area (Å²) in [6, 6.07) is 4.38. The Hall–Kier alpha value is -1.67. The van der Waals surface area contributed by atoms with Gasteiger partial charge in [0, 0.05) is 18.9 Å². The molecule has 2 N–H and O–H groups in total. The van der Waals surface area contributed by atoms with Crippen LogP contribution in [0.3, 0.4) is 0 Å². The SMILES string of the molecule is CS(=O)(=O)CCCOc1cc(CN)ccc1[N+](=O)[O-]. The fourth-order valence-electron chi connectivity index (χ4n) is 1.46. The highest BCUT2D eigenvalue weighted by atomic mass is 32.2. The van der Waals surface area contributed by atoms with Gasteiger partial charge in [-0.2, -0.15) is 0 Å². The van der Waals surface area contributed by atoms with Crippen molar-refractivity contribution in [3.8, 4) is 5.75 Å². The Morgan fingerprint density at radius 3 is 2.63 bits per heavy atom. The molecule has 0 atom stereocenters. The van der Waals surface area contributed by atoms with Crippen molar-refractivity contribution in [1.82, 2.24) is 0 Å². The number of hydrogen-bond donors (Lipinski definition) is 1. The molecule has 0 aliphatic heterocycles. The number of nitrogens with zero attached hydrogens (tertiary/aromatic N) is 1. The highest BCUT2D eigenvalue weighted by Gasteiger charge is 2.15. The summed E-state index contributed by atoms with van der Waals surface area (Å²) in [5, 5.41) is 10.8. The molecule has 1 aromatic rings. The van der Waals surface area contributed by atoms with E-state index in [1.54, 1.807) is 6.07 Å². The van der Waals surface area contributed by atoms with Gasteiger partial charge < -0.3 is 10.5 Å². The summed E-state index contributed by atoms with van der Waals surface area (Å²) in [6.45, 7) is 0.347. The van der Waals surface area contributed by atoms with Crippen molar-refractivity contribution < 1.29 is 18.1 Å². The number of ether oxygens (including phenoxy) is 1. The van der Waals surface area contributed by atoms with E-state index in [0.29, 0.717) is 5.56 Å². The third-order valence-corrected chi connectivity index (χ3v) is 3.40. The van der Waals surface area contributed by atoms with Gasteiger partial charge in [0.25, 0.3) is 0 Å². The van der Waals surface area contributed by atoms with Gasteiger partial charge in [-0.15, -0.1) is 0 Å². The second-order valence-corrected chi connectivity index (χ2v) is 6.35. The molecule has 0 radical (unpaired) electrons. The van der Waals surface area contributed by atoms with Crippen LogP contribution in [0.5, 0.6) is 5.75 Å². The van der Waals surface area contributed by atoms with Crippen LogP contribution >= 0.6 is 0 Å². The summed E-state index contributed by atoms with van der Waals surface area (Å²) in [6.07, 6.45) is 1.41. The van der Waals surface area contributed by atoms with Gasteiger partial charge in [0.15, 0.2) is 5.75 Å². The van der Waals surface area contributed by atoms with Crippen molar-refractivity contribution in [2.45, 2.75) is 13.0 Å². The lowest BCUT2D eigenvalue weighted by Crippen LogP contribution is -2.09. The number of benzene rings is 1. The van der Waals surface area contributed by atoms with Crippen LogP contribution < -0.4 is 10.5 Å². The number of nitro groups is 1. The summed E-state index contributed by atoms with van der Waals surface area (Å²) >= 11 is 0. The quantitative estimate of drug-likeness (QED) is 0.452. The molecule has 0 fully saturated rings. The second kappa shape index (κ2) is 6.48. The monoisotopic (exact) mass is 288 g/mol. The summed E-state index contributed by atoms with van der Waals surface area (Å²) < 4.78 is 27.2. The zero-order valence-electron chi connectivity index (χ0n) is 10.5. The first-order chi connectivity index (χ1) is 8.83. The van der Waals surface area contributed by atoms with Gasteiger partial charge in [-0.3, -0.25) is 10.1 Å². The van der Waals surface area contributed by atoms with E-state index in [1.165, 1.54) is 12.1 Å². The van der Waals surface area contributed by atoms with Crippen LogP contribution in [-0.4, -0.2) is 32.0 Å². The van der Waals surface area contributed by atoms with Gasteiger partial charge in [-0.1, -0.05) is 6.07 Å². The molecule has 0 aliphatic rings. The van der Waals surface area contributed by atoms with Crippen LogP contribution in [-0.2, 0) is 16.4 Å². The second-order valence-electron chi connectivity index (χ2n) is 4.10. The summed E-state index contributed by atoms with van der Waals surface area (Å²) in [4.78, 5) is 10.3. The van der Waals surface area contributed by atoms with E-state index in [9.17, 15) is 18.5 Å². The van der Waals surface area contributed by atoms with E-state index in [1.807, 2.05) is 0 Å². The molecule has 0 unspecified atom stereocenters. The molecule has 19 heavy (non-hydrogen) atoms. The summed E-state index contributed by atoms with van der Waals surface area (Å²) in [5.74, 6) is 0.0960. The molecule has 7 nitrogen and oxygen atoms in total. The maximum absolute atomic E-state index is 10.9. The highest BCUT2D eigenvalue weighted by molar-refractivity contribution is 7.90. The molecule has 0 amide bonds. The van der Waals surface area contributed by atoms with Crippen LogP contribution in [0, 0.1) is 10.1 Å². The molecule has 1 rings (SSSR count). The van der Waals surface area contributed by atoms with Crippen molar-refractivity contribution in [2.24, 2.45) is 5.73 Å². The average molecular weight is 288 g/mol. The van der Waals surface area contributed by atoms with Gasteiger partial charge in [-0.05, 0) is 18.1 Å². The molecule has 0 heterocycles. The van der Waals surface area contributed by atoms with E-state index < -0.39 is 14.8 Å². The van der Waals surface area contributed by atoms with E-state index in [0.717, 1.165) is 6.26 Å². The smallest absolute Gasteiger partial charge is 0.310 e. The number of sulfone groups is 1. The van der Waals surface area contributed by atoms with Crippen molar-refractivity contribution in [2.75, 3.05) is 18.6 Å². The third-order valence-electron chi connectivity index (χ3n) is 2.37. The number of nitro benzene ring substituents is 1. The summed E-state index contributed by atoms with van der Waals surface area (Å²) in [5.41, 5.74) is 6.01. The first kappa shape index (κ1) is 15.4. The Balaban J connectivity index is 2.72. The van der Waals surface area contributed by atoms with E-state index >= 15 is 0 Å². The van der Waals surface area contributed by atoms with Crippen molar-refractivity contribution in [3.05, 3.63) is 33.9 Å². The number of hydrogen-bond acceptors (Lipinski definition) is 6. The standard InChI is InChI=1S/C11H16N2O5S/c1-19(16,17)6-2-5-18-11-7-9(8-12)3-4-10(11)13(14)15/h3-4,7H,2,5-6,8,12H2,1H3. The molecule has 8 heteroatoms. The van der Waals surface area contributed by atoms with Gasteiger partial charge in [-0.25, -0.2) is 8.42 Å². The highest BCUT2D eigenvalue weighted by Crippen LogP contribution is 2.27. The van der Waals surface area contributed by atoms with Crippen LogP contribution in [0.4, 0.5) is 5.69 Å². The molecule has 106 valence electrons. The lowest BCUT2D eigenvalue weighted by Gasteiger charge is -2.07. The van der Waals surface area contributed by atoms with Gasteiger partial charge in [0.05, 0.1) is 17.3 Å². The Morgan fingerprint density at radius 1 is 1.42 bits per heavy atom. The van der Waals surface area contributed by atoms with Gasteiger partial charge >= 0.3 is 5.69 Å². The van der Waals surface area contributed by atoms with Crippen LogP contribution in [0.1, 0.15) is 12.0 Å². The lowest BCUT2D eigenvalue weighted by molar-refractivity contribution is -0.385. The van der Waals surface area contributed by atoms with Crippen LogP contribution in [0.25, 0.3) is 0 Å². The molecular weight excluding hydrogens is 272 g/mol. The Morgan fingerprint density at radius 2 is 2.11 bits per heavy atom. The minimum absolute atomic E-state index is 0.0165. The maximum Gasteiger partial charge on any atom is 0.310 e. The van der Waals surface area contributed by atoms with Crippen molar-refractivity contribution in [3.63, 3.8) is 0 Å². The zero-order chi connectivity index (χ0) is 14.5. The van der Waals surface area contributed by atoms with E-state index in [4.69, 9.17) is 10.5 Å². The van der Waals surface area contributed by atoms with E-state index in [2.05, 4.69) is 0 Å². The molecule has 0 aromatic heterocycles. The molecule has 0 bridgehead atoms. The Kier molecular flexibility index (Phi) is 5.25. The fraction of sp³-hybridized carbons (Fsp3) is 0.455. The topological polar surface area (TPSA) is 113 Å². The molecule has 1 aromatic carbocycles. The normalized spacial score (nSPS) is 11.3. The average Bonchev–Trinajstić information content (AvgIpc) is 2.33. The van der Waals surface area contributed by atoms with Crippen molar-refractivity contribution >= 4 is 15.5 Å². The van der Waals surface area contributed by atoms with Crippen LogP contribution in [0.15, 0.2) is 18.2 Å². The Labute approximate surface area is 111 Å². The molecule has 0 spiro atoms. The summed E-state index contributed by atoms with van der Waals surface area (Å²) in [7, 11) is -3.05. The molecule has 0 aliphatic carbocycles. The van der Waals surface area contributed by atoms with Gasteiger partial charge in [0.1, 0.15) is 9.84 Å². The lowest BCUT2D eigenvalue weighted by atomic mass is 10.2. The third kappa shape index (κ3) is 5.23.